The van der Waals surface area contributed by atoms with Crippen LogP contribution in [0.15, 0.2) is 24.3 Å². The number of Topliss-reactive ketones (excluding diaryl/α,β-unsaturated/α-hetero) is 1. The van der Waals surface area contributed by atoms with Crippen molar-refractivity contribution in [2.24, 2.45) is 11.7 Å². The van der Waals surface area contributed by atoms with E-state index in [-0.39, 0.29) is 11.8 Å². The summed E-state index contributed by atoms with van der Waals surface area (Å²) in [6.07, 6.45) is 3.48. The summed E-state index contributed by atoms with van der Waals surface area (Å²) in [7, 11) is 0. The minimum atomic E-state index is 0.0953. The average Bonchev–Trinajstić information content (AvgIpc) is 3.04. The van der Waals surface area contributed by atoms with Gasteiger partial charge in [-0.3, -0.25) is 4.79 Å². The number of aryl methyl sites for hydroxylation is 1. The predicted octanol–water partition coefficient (Wildman–Crippen LogP) is 2.23. The van der Waals surface area contributed by atoms with Gasteiger partial charge in [0.05, 0.1) is 0 Å². The molecule has 1 aliphatic rings. The maximum Gasteiger partial charge on any atom is 0.138 e. The van der Waals surface area contributed by atoms with Crippen LogP contribution in [0, 0.1) is 12.8 Å². The van der Waals surface area contributed by atoms with Crippen LogP contribution in [0.4, 0.5) is 0 Å². The normalized spacial score (nSPS) is 17.1. The number of hydrogen-bond donors (Lipinski definition) is 1. The van der Waals surface area contributed by atoms with E-state index in [2.05, 4.69) is 6.92 Å². The van der Waals surface area contributed by atoms with Gasteiger partial charge >= 0.3 is 0 Å². The molecule has 1 aromatic carbocycles. The summed E-state index contributed by atoms with van der Waals surface area (Å²) in [5.74, 6) is 0.880. The second-order valence-electron chi connectivity index (χ2n) is 4.91. The first-order valence-corrected chi connectivity index (χ1v) is 5.98. The molecule has 2 nitrogen and oxygen atoms in total. The minimum Gasteiger partial charge on any atom is -0.327 e. The number of ketones is 1. The fraction of sp³-hybridized carbons (Fsp3) is 0.500. The molecule has 1 unspecified atom stereocenters. The fourth-order valence-corrected chi connectivity index (χ4v) is 1.96. The van der Waals surface area contributed by atoms with Crippen LogP contribution in [0.2, 0.25) is 0 Å². The van der Waals surface area contributed by atoms with Gasteiger partial charge in [0.2, 0.25) is 0 Å². The highest BCUT2D eigenvalue weighted by atomic mass is 16.1. The largest absolute Gasteiger partial charge is 0.327 e. The molecule has 2 N–H and O–H groups in total. The molecule has 0 radical (unpaired) electrons. The van der Waals surface area contributed by atoms with E-state index in [4.69, 9.17) is 5.73 Å². The standard InChI is InChI=1S/C14H19NO/c1-10-2-4-11(5-3-10)8-13(16)9-14(15)12-6-7-12/h2-5,12,14H,6-9,15H2,1H3. The Bertz CT molecular complexity index is 365. The summed E-state index contributed by atoms with van der Waals surface area (Å²) in [4.78, 5) is 11.8. The number of nitrogens with two attached hydrogens (primary N) is 1. The van der Waals surface area contributed by atoms with Crippen LogP contribution < -0.4 is 5.73 Å². The van der Waals surface area contributed by atoms with Gasteiger partial charge in [-0.2, -0.15) is 0 Å². The van der Waals surface area contributed by atoms with E-state index in [0.717, 1.165) is 5.56 Å². The molecule has 16 heavy (non-hydrogen) atoms. The predicted molar refractivity (Wildman–Crippen MR) is 65.2 cm³/mol. The van der Waals surface area contributed by atoms with Crippen molar-refractivity contribution >= 4 is 5.78 Å². The molecule has 0 saturated heterocycles. The molecule has 1 fully saturated rings. The first-order valence-electron chi connectivity index (χ1n) is 5.98. The molecule has 1 saturated carbocycles. The Kier molecular flexibility index (Phi) is 3.39. The Morgan fingerprint density at radius 3 is 2.56 bits per heavy atom. The maximum absolute atomic E-state index is 11.8. The summed E-state index contributed by atoms with van der Waals surface area (Å²) in [6, 6.07) is 8.23. The number of rotatable bonds is 5. The third kappa shape index (κ3) is 3.17. The van der Waals surface area contributed by atoms with Gasteiger partial charge in [0.25, 0.3) is 0 Å². The quantitative estimate of drug-likeness (QED) is 0.822. The highest BCUT2D eigenvalue weighted by Gasteiger charge is 2.29. The molecule has 0 spiro atoms. The second kappa shape index (κ2) is 4.79. The van der Waals surface area contributed by atoms with Crippen molar-refractivity contribution in [3.8, 4) is 0 Å². The number of hydrogen-bond acceptors (Lipinski definition) is 2. The third-order valence-corrected chi connectivity index (χ3v) is 3.21. The molecule has 0 aliphatic heterocycles. The van der Waals surface area contributed by atoms with E-state index in [1.807, 2.05) is 24.3 Å². The average molecular weight is 217 g/mol. The van der Waals surface area contributed by atoms with E-state index in [9.17, 15) is 4.79 Å². The van der Waals surface area contributed by atoms with Gasteiger partial charge in [-0.05, 0) is 31.2 Å². The topological polar surface area (TPSA) is 43.1 Å². The third-order valence-electron chi connectivity index (χ3n) is 3.21. The smallest absolute Gasteiger partial charge is 0.138 e. The molecule has 0 bridgehead atoms. The minimum absolute atomic E-state index is 0.0953. The van der Waals surface area contributed by atoms with E-state index in [1.54, 1.807) is 0 Å². The zero-order valence-electron chi connectivity index (χ0n) is 9.78. The van der Waals surface area contributed by atoms with Gasteiger partial charge < -0.3 is 5.73 Å². The summed E-state index contributed by atoms with van der Waals surface area (Å²) in [5.41, 5.74) is 8.26. The SMILES string of the molecule is Cc1ccc(CC(=O)CC(N)C2CC2)cc1. The van der Waals surface area contributed by atoms with Gasteiger partial charge in [0.15, 0.2) is 0 Å². The lowest BCUT2D eigenvalue weighted by molar-refractivity contribution is -0.118. The molecule has 2 rings (SSSR count). The van der Waals surface area contributed by atoms with Crippen molar-refractivity contribution in [3.05, 3.63) is 35.4 Å². The van der Waals surface area contributed by atoms with Crippen LogP contribution in [-0.2, 0) is 11.2 Å². The van der Waals surface area contributed by atoms with E-state index in [1.165, 1.54) is 18.4 Å². The summed E-state index contributed by atoms with van der Waals surface area (Å²) < 4.78 is 0. The van der Waals surface area contributed by atoms with E-state index in [0.29, 0.717) is 18.8 Å². The highest BCUT2D eigenvalue weighted by Crippen LogP contribution is 2.32. The first-order chi connectivity index (χ1) is 7.65. The van der Waals surface area contributed by atoms with E-state index >= 15 is 0 Å². The van der Waals surface area contributed by atoms with Crippen LogP contribution in [0.3, 0.4) is 0 Å². The Hall–Kier alpha value is -1.15. The molecule has 0 aromatic heterocycles. The van der Waals surface area contributed by atoms with Crippen LogP contribution in [0.5, 0.6) is 0 Å². The van der Waals surface area contributed by atoms with Crippen LogP contribution in [-0.4, -0.2) is 11.8 Å². The van der Waals surface area contributed by atoms with Gasteiger partial charge in [0, 0.05) is 18.9 Å². The molecular formula is C14H19NO. The zero-order valence-corrected chi connectivity index (χ0v) is 9.78. The molecule has 1 aromatic rings. The monoisotopic (exact) mass is 217 g/mol. The lowest BCUT2D eigenvalue weighted by Gasteiger charge is -2.08. The Morgan fingerprint density at radius 1 is 1.38 bits per heavy atom. The molecular weight excluding hydrogens is 198 g/mol. The van der Waals surface area contributed by atoms with Crippen molar-refractivity contribution in [3.63, 3.8) is 0 Å². The fourth-order valence-electron chi connectivity index (χ4n) is 1.96. The summed E-state index contributed by atoms with van der Waals surface area (Å²) in [6.45, 7) is 2.05. The van der Waals surface area contributed by atoms with Crippen molar-refractivity contribution < 1.29 is 4.79 Å². The second-order valence-corrected chi connectivity index (χ2v) is 4.91. The Morgan fingerprint density at radius 2 is 2.00 bits per heavy atom. The van der Waals surface area contributed by atoms with Crippen LogP contribution in [0.25, 0.3) is 0 Å². The molecule has 0 heterocycles. The van der Waals surface area contributed by atoms with Crippen molar-refractivity contribution in [1.29, 1.82) is 0 Å². The summed E-state index contributed by atoms with van der Waals surface area (Å²) in [5, 5.41) is 0. The number of carbonyl (C=O) groups excluding carboxylic acids is 1. The summed E-state index contributed by atoms with van der Waals surface area (Å²) >= 11 is 0. The van der Waals surface area contributed by atoms with Crippen molar-refractivity contribution in [2.45, 2.75) is 38.6 Å². The Balaban J connectivity index is 1.84. The lowest BCUT2D eigenvalue weighted by Crippen LogP contribution is -2.26. The molecule has 1 atom stereocenters. The first kappa shape index (κ1) is 11.3. The van der Waals surface area contributed by atoms with Gasteiger partial charge in [-0.15, -0.1) is 0 Å². The molecule has 86 valence electrons. The molecule has 2 heteroatoms. The number of carbonyl (C=O) groups is 1. The Labute approximate surface area is 96.8 Å². The molecule has 0 amide bonds. The van der Waals surface area contributed by atoms with Gasteiger partial charge in [-0.1, -0.05) is 29.8 Å². The molecule has 1 aliphatic carbocycles. The van der Waals surface area contributed by atoms with Crippen molar-refractivity contribution in [1.82, 2.24) is 0 Å². The number of benzene rings is 1. The van der Waals surface area contributed by atoms with Gasteiger partial charge in [-0.25, -0.2) is 0 Å². The van der Waals surface area contributed by atoms with Crippen LogP contribution in [0.1, 0.15) is 30.4 Å². The highest BCUT2D eigenvalue weighted by molar-refractivity contribution is 5.81. The maximum atomic E-state index is 11.8. The van der Waals surface area contributed by atoms with Crippen LogP contribution >= 0.6 is 0 Å². The lowest BCUT2D eigenvalue weighted by atomic mass is 10.0. The van der Waals surface area contributed by atoms with Crippen molar-refractivity contribution in [2.75, 3.05) is 0 Å². The van der Waals surface area contributed by atoms with E-state index < -0.39 is 0 Å². The van der Waals surface area contributed by atoms with Gasteiger partial charge in [0.1, 0.15) is 5.78 Å². The zero-order chi connectivity index (χ0) is 11.5.